The first-order valence-corrected chi connectivity index (χ1v) is 11.5. The van der Waals surface area contributed by atoms with Gasteiger partial charge in [-0.25, -0.2) is 0 Å². The summed E-state index contributed by atoms with van der Waals surface area (Å²) in [6.45, 7) is 10.8. The van der Waals surface area contributed by atoms with Gasteiger partial charge in [0.25, 0.3) is 11.8 Å². The molecule has 33 heavy (non-hydrogen) atoms. The molecule has 1 heterocycles. The molecule has 0 bridgehead atoms. The van der Waals surface area contributed by atoms with E-state index in [-0.39, 0.29) is 18.0 Å². The fourth-order valence-corrected chi connectivity index (χ4v) is 4.46. The number of carbonyl (C=O) groups is 2. The molecule has 5 nitrogen and oxygen atoms in total. The molecular weight excluding hydrogens is 410 g/mol. The van der Waals surface area contributed by atoms with Crippen LogP contribution in [0.5, 0.6) is 0 Å². The highest BCUT2D eigenvalue weighted by Gasteiger charge is 2.37. The van der Waals surface area contributed by atoms with Crippen molar-refractivity contribution < 1.29 is 9.59 Å². The van der Waals surface area contributed by atoms with Crippen LogP contribution in [0, 0.1) is 27.7 Å². The lowest BCUT2D eigenvalue weighted by Crippen LogP contribution is -2.33. The number of amides is 2. The van der Waals surface area contributed by atoms with Crippen molar-refractivity contribution in [2.45, 2.75) is 47.2 Å². The molecule has 1 atom stereocenters. The van der Waals surface area contributed by atoms with E-state index >= 15 is 0 Å². The van der Waals surface area contributed by atoms with E-state index in [0.29, 0.717) is 17.7 Å². The lowest BCUT2D eigenvalue weighted by Gasteiger charge is -2.27. The van der Waals surface area contributed by atoms with Crippen LogP contribution in [0.25, 0.3) is 0 Å². The van der Waals surface area contributed by atoms with Crippen molar-refractivity contribution >= 4 is 23.2 Å². The quantitative estimate of drug-likeness (QED) is 0.482. The molecule has 1 unspecified atom stereocenters. The van der Waals surface area contributed by atoms with E-state index in [4.69, 9.17) is 0 Å². The Bertz CT molecular complexity index is 1230. The van der Waals surface area contributed by atoms with Gasteiger partial charge in [0.15, 0.2) is 0 Å². The molecule has 0 saturated heterocycles. The van der Waals surface area contributed by atoms with E-state index in [2.05, 4.69) is 49.6 Å². The number of rotatable bonds is 6. The average Bonchev–Trinajstić information content (AvgIpc) is 3.03. The third-order valence-corrected chi connectivity index (χ3v) is 6.18. The number of carbonyl (C=O) groups excluding carboxylic acids is 2. The summed E-state index contributed by atoms with van der Waals surface area (Å²) >= 11 is 0. The Morgan fingerprint density at radius 3 is 2.12 bits per heavy atom. The van der Waals surface area contributed by atoms with Gasteiger partial charge in [-0.2, -0.15) is 0 Å². The highest BCUT2D eigenvalue weighted by Crippen LogP contribution is 2.36. The minimum atomic E-state index is -0.259. The Labute approximate surface area is 195 Å². The maximum atomic E-state index is 13.3. The van der Waals surface area contributed by atoms with Gasteiger partial charge in [-0.1, -0.05) is 48.4 Å². The molecule has 0 aromatic heterocycles. The monoisotopic (exact) mass is 441 g/mol. The van der Waals surface area contributed by atoms with Gasteiger partial charge in [0.2, 0.25) is 0 Å². The molecule has 0 fully saturated rings. The molecular formula is C28H31N3O2. The van der Waals surface area contributed by atoms with Crippen LogP contribution in [0.2, 0.25) is 0 Å². The van der Waals surface area contributed by atoms with Crippen molar-refractivity contribution in [1.29, 1.82) is 0 Å². The van der Waals surface area contributed by atoms with Crippen LogP contribution in [0.3, 0.4) is 0 Å². The van der Waals surface area contributed by atoms with Gasteiger partial charge in [-0.3, -0.25) is 9.59 Å². The predicted molar refractivity (Wildman–Crippen MR) is 134 cm³/mol. The first-order chi connectivity index (χ1) is 15.8. The largest absolute Gasteiger partial charge is 0.361 e. The molecule has 0 spiro atoms. The summed E-state index contributed by atoms with van der Waals surface area (Å²) in [6, 6.07) is 17.6. The number of nitrogens with zero attached hydrogens (tertiary/aromatic N) is 1. The second-order valence-corrected chi connectivity index (χ2v) is 8.94. The number of nitrogens with one attached hydrogen (secondary N) is 2. The zero-order valence-electron chi connectivity index (χ0n) is 20.0. The zero-order valence-corrected chi connectivity index (χ0v) is 20.0. The van der Waals surface area contributed by atoms with Crippen molar-refractivity contribution in [1.82, 2.24) is 4.90 Å². The Balaban J connectivity index is 1.64. The number of hydrogen-bond acceptors (Lipinski definition) is 3. The smallest absolute Gasteiger partial charge is 0.256 e. The molecule has 1 aliphatic heterocycles. The normalized spacial score (nSPS) is 14.9. The molecule has 3 aromatic carbocycles. The lowest BCUT2D eigenvalue weighted by molar-refractivity contribution is 0.0743. The van der Waals surface area contributed by atoms with Gasteiger partial charge in [0.05, 0.1) is 0 Å². The average molecular weight is 442 g/mol. The third-order valence-electron chi connectivity index (χ3n) is 6.18. The van der Waals surface area contributed by atoms with E-state index in [0.717, 1.165) is 40.0 Å². The zero-order chi connectivity index (χ0) is 23.7. The van der Waals surface area contributed by atoms with E-state index in [1.807, 2.05) is 43.0 Å². The molecule has 5 heteroatoms. The first kappa shape index (κ1) is 22.6. The van der Waals surface area contributed by atoms with Gasteiger partial charge in [-0.05, 0) is 69.5 Å². The Hall–Kier alpha value is -3.60. The van der Waals surface area contributed by atoms with Crippen LogP contribution in [0.4, 0.5) is 11.4 Å². The Kier molecular flexibility index (Phi) is 6.23. The fraction of sp³-hybridized carbons (Fsp3) is 0.286. The van der Waals surface area contributed by atoms with E-state index in [1.165, 1.54) is 5.56 Å². The minimum Gasteiger partial charge on any atom is -0.361 e. The van der Waals surface area contributed by atoms with Gasteiger partial charge >= 0.3 is 0 Å². The molecule has 2 N–H and O–H groups in total. The number of aryl methyl sites for hydroxylation is 4. The molecule has 1 aliphatic rings. The molecule has 0 aliphatic carbocycles. The SMILES string of the molecule is CCCN1C(=O)c2cc(C(=O)Nc3ccc(C)cc3C)ccc2C1Nc1ccc(C)cc1C. The van der Waals surface area contributed by atoms with Crippen LogP contribution in [-0.4, -0.2) is 23.3 Å². The standard InChI is InChI=1S/C28H31N3O2/c1-6-13-31-26(29-24-11-7-17(2)14-19(24)4)22-10-9-21(16-23(22)28(31)33)27(32)30-25-12-8-18(3)15-20(25)5/h7-12,14-16,26,29H,6,13H2,1-5H3,(H,30,32). The van der Waals surface area contributed by atoms with Gasteiger partial charge in [0, 0.05) is 34.6 Å². The molecule has 3 aromatic rings. The number of fused-ring (bicyclic) bond motifs is 1. The molecule has 0 saturated carbocycles. The molecule has 170 valence electrons. The Morgan fingerprint density at radius 2 is 1.52 bits per heavy atom. The van der Waals surface area contributed by atoms with Crippen LogP contribution in [0.1, 0.15) is 68.0 Å². The van der Waals surface area contributed by atoms with Crippen LogP contribution >= 0.6 is 0 Å². The summed E-state index contributed by atoms with van der Waals surface area (Å²) in [6.07, 6.45) is 0.593. The van der Waals surface area contributed by atoms with Crippen LogP contribution in [0.15, 0.2) is 54.6 Å². The van der Waals surface area contributed by atoms with Crippen molar-refractivity contribution in [2.75, 3.05) is 17.2 Å². The highest BCUT2D eigenvalue weighted by atomic mass is 16.2. The number of anilines is 2. The summed E-state index contributed by atoms with van der Waals surface area (Å²) in [5, 5.41) is 6.54. The lowest BCUT2D eigenvalue weighted by atomic mass is 10.0. The van der Waals surface area contributed by atoms with E-state index < -0.39 is 0 Å². The maximum absolute atomic E-state index is 13.3. The van der Waals surface area contributed by atoms with Gasteiger partial charge < -0.3 is 15.5 Å². The van der Waals surface area contributed by atoms with Crippen molar-refractivity contribution in [3.05, 3.63) is 93.5 Å². The highest BCUT2D eigenvalue weighted by molar-refractivity contribution is 6.07. The summed E-state index contributed by atoms with van der Waals surface area (Å²) in [7, 11) is 0. The Morgan fingerprint density at radius 1 is 0.879 bits per heavy atom. The van der Waals surface area contributed by atoms with Crippen molar-refractivity contribution in [2.24, 2.45) is 0 Å². The summed E-state index contributed by atoms with van der Waals surface area (Å²) in [5.74, 6) is -0.263. The van der Waals surface area contributed by atoms with Crippen molar-refractivity contribution in [3.8, 4) is 0 Å². The predicted octanol–water partition coefficient (Wildman–Crippen LogP) is 6.15. The molecule has 0 radical (unpaired) electrons. The number of hydrogen-bond donors (Lipinski definition) is 2. The van der Waals surface area contributed by atoms with Gasteiger partial charge in [0.1, 0.15) is 6.17 Å². The summed E-state index contributed by atoms with van der Waals surface area (Å²) in [4.78, 5) is 28.1. The number of benzene rings is 3. The van der Waals surface area contributed by atoms with Gasteiger partial charge in [-0.15, -0.1) is 0 Å². The third kappa shape index (κ3) is 4.49. The van der Waals surface area contributed by atoms with Crippen LogP contribution in [-0.2, 0) is 0 Å². The maximum Gasteiger partial charge on any atom is 0.256 e. The summed E-state index contributed by atoms with van der Waals surface area (Å²) in [5.41, 5.74) is 8.23. The van der Waals surface area contributed by atoms with E-state index in [1.54, 1.807) is 12.1 Å². The fourth-order valence-electron chi connectivity index (χ4n) is 4.46. The molecule has 2 amide bonds. The topological polar surface area (TPSA) is 61.4 Å². The second kappa shape index (κ2) is 9.10. The minimum absolute atomic E-state index is 0.0460. The summed E-state index contributed by atoms with van der Waals surface area (Å²) < 4.78 is 0. The van der Waals surface area contributed by atoms with Crippen LogP contribution < -0.4 is 10.6 Å². The van der Waals surface area contributed by atoms with E-state index in [9.17, 15) is 9.59 Å². The first-order valence-electron chi connectivity index (χ1n) is 11.5. The van der Waals surface area contributed by atoms with Crippen molar-refractivity contribution in [3.63, 3.8) is 0 Å². The molecule has 4 rings (SSSR count). The second-order valence-electron chi connectivity index (χ2n) is 8.94.